The van der Waals surface area contributed by atoms with Gasteiger partial charge in [0.05, 0.1) is 5.02 Å². The average Bonchev–Trinajstić information content (AvgIpc) is 2.71. The molecule has 0 spiro atoms. The van der Waals surface area contributed by atoms with Crippen LogP contribution >= 0.6 is 11.6 Å². The fourth-order valence-electron chi connectivity index (χ4n) is 3.17. The molecule has 0 aliphatic carbocycles. The molecule has 2 amide bonds. The standard InChI is InChI=1S/C20H22ClFN4O2/c21-17-11-16(1-2-18(17)22)25-20(28)19(27)24-12-14-5-9-26(10-6-14)13-15-3-7-23-8-4-15/h1-4,7-8,11,14H,5-6,9-10,12-13H2,(H,24,27)(H,25,28). The van der Waals surface area contributed by atoms with E-state index in [0.717, 1.165) is 38.5 Å². The number of benzene rings is 1. The van der Waals surface area contributed by atoms with Crippen molar-refractivity contribution in [3.63, 3.8) is 0 Å². The largest absolute Gasteiger partial charge is 0.348 e. The third kappa shape index (κ3) is 5.74. The van der Waals surface area contributed by atoms with Crippen molar-refractivity contribution in [2.75, 3.05) is 25.0 Å². The number of hydrogen-bond donors (Lipinski definition) is 2. The molecule has 1 aliphatic heterocycles. The molecule has 148 valence electrons. The highest BCUT2D eigenvalue weighted by atomic mass is 35.5. The Hall–Kier alpha value is -2.51. The molecular formula is C20H22ClFN4O2. The SMILES string of the molecule is O=C(NCC1CCN(Cc2ccncc2)CC1)C(=O)Nc1ccc(F)c(Cl)c1. The number of amides is 2. The van der Waals surface area contributed by atoms with Gasteiger partial charge >= 0.3 is 11.8 Å². The smallest absolute Gasteiger partial charge is 0.313 e. The Labute approximate surface area is 168 Å². The Morgan fingerprint density at radius 1 is 1.14 bits per heavy atom. The molecule has 1 saturated heterocycles. The van der Waals surface area contributed by atoms with Gasteiger partial charge < -0.3 is 10.6 Å². The third-order valence-corrected chi connectivity index (χ3v) is 5.09. The molecule has 3 rings (SSSR count). The molecule has 1 aromatic heterocycles. The van der Waals surface area contributed by atoms with E-state index in [1.54, 1.807) is 12.4 Å². The first-order chi connectivity index (χ1) is 13.5. The van der Waals surface area contributed by atoms with Gasteiger partial charge in [0.15, 0.2) is 0 Å². The number of aromatic nitrogens is 1. The first-order valence-corrected chi connectivity index (χ1v) is 9.54. The number of likely N-dealkylation sites (tertiary alicyclic amines) is 1. The molecule has 0 radical (unpaired) electrons. The minimum absolute atomic E-state index is 0.114. The second-order valence-corrected chi connectivity index (χ2v) is 7.28. The van der Waals surface area contributed by atoms with Gasteiger partial charge in [-0.3, -0.25) is 19.5 Å². The van der Waals surface area contributed by atoms with Gasteiger partial charge in [0.1, 0.15) is 5.82 Å². The van der Waals surface area contributed by atoms with Gasteiger partial charge in [0.2, 0.25) is 0 Å². The van der Waals surface area contributed by atoms with E-state index in [2.05, 4.69) is 20.5 Å². The Bertz CT molecular complexity index is 826. The monoisotopic (exact) mass is 404 g/mol. The summed E-state index contributed by atoms with van der Waals surface area (Å²) in [6.07, 6.45) is 5.51. The van der Waals surface area contributed by atoms with Crippen molar-refractivity contribution in [1.82, 2.24) is 15.2 Å². The van der Waals surface area contributed by atoms with Gasteiger partial charge in [-0.2, -0.15) is 0 Å². The van der Waals surface area contributed by atoms with Gasteiger partial charge in [-0.05, 0) is 67.7 Å². The van der Waals surface area contributed by atoms with Gasteiger partial charge in [-0.15, -0.1) is 0 Å². The van der Waals surface area contributed by atoms with Crippen LogP contribution in [0, 0.1) is 11.7 Å². The minimum Gasteiger partial charge on any atom is -0.348 e. The lowest BCUT2D eigenvalue weighted by Gasteiger charge is -2.32. The summed E-state index contributed by atoms with van der Waals surface area (Å²) in [5.41, 5.74) is 1.51. The molecule has 1 fully saturated rings. The van der Waals surface area contributed by atoms with Crippen LogP contribution in [0.4, 0.5) is 10.1 Å². The molecule has 0 saturated carbocycles. The van der Waals surface area contributed by atoms with Crippen molar-refractivity contribution in [1.29, 1.82) is 0 Å². The van der Waals surface area contributed by atoms with E-state index in [4.69, 9.17) is 11.6 Å². The van der Waals surface area contributed by atoms with E-state index < -0.39 is 17.6 Å². The quantitative estimate of drug-likeness (QED) is 0.751. The maximum Gasteiger partial charge on any atom is 0.313 e. The summed E-state index contributed by atoms with van der Waals surface area (Å²) in [5, 5.41) is 4.98. The zero-order valence-corrected chi connectivity index (χ0v) is 16.1. The van der Waals surface area contributed by atoms with Crippen molar-refractivity contribution >= 4 is 29.1 Å². The highest BCUT2D eigenvalue weighted by Gasteiger charge is 2.21. The first kappa shape index (κ1) is 20.2. The van der Waals surface area contributed by atoms with Crippen LogP contribution in [0.5, 0.6) is 0 Å². The summed E-state index contributed by atoms with van der Waals surface area (Å²) in [5.74, 6) is -1.75. The summed E-state index contributed by atoms with van der Waals surface area (Å²) in [7, 11) is 0. The summed E-state index contributed by atoms with van der Waals surface area (Å²) < 4.78 is 13.1. The number of halogens is 2. The predicted molar refractivity (Wildman–Crippen MR) is 105 cm³/mol. The molecule has 8 heteroatoms. The summed E-state index contributed by atoms with van der Waals surface area (Å²) in [6, 6.07) is 7.78. The number of rotatable bonds is 5. The maximum atomic E-state index is 13.1. The lowest BCUT2D eigenvalue weighted by Crippen LogP contribution is -2.41. The minimum atomic E-state index is -0.794. The number of hydrogen-bond acceptors (Lipinski definition) is 4. The number of pyridine rings is 1. The highest BCUT2D eigenvalue weighted by Crippen LogP contribution is 2.20. The Balaban J connectivity index is 1.39. The van der Waals surface area contributed by atoms with E-state index in [0.29, 0.717) is 12.5 Å². The van der Waals surface area contributed by atoms with Crippen LogP contribution in [-0.2, 0) is 16.1 Å². The molecule has 1 aliphatic rings. The molecule has 2 N–H and O–H groups in total. The molecular weight excluding hydrogens is 383 g/mol. The molecule has 2 aromatic rings. The van der Waals surface area contributed by atoms with Gasteiger partial charge in [-0.25, -0.2) is 4.39 Å². The number of nitrogens with one attached hydrogen (secondary N) is 2. The fraction of sp³-hybridized carbons (Fsp3) is 0.350. The van der Waals surface area contributed by atoms with Crippen LogP contribution in [0.15, 0.2) is 42.7 Å². The van der Waals surface area contributed by atoms with Crippen LogP contribution in [0.1, 0.15) is 18.4 Å². The molecule has 0 unspecified atom stereocenters. The normalized spacial score (nSPS) is 15.2. The van der Waals surface area contributed by atoms with Crippen molar-refractivity contribution in [2.45, 2.75) is 19.4 Å². The Kier molecular flexibility index (Phi) is 6.95. The van der Waals surface area contributed by atoms with Crippen molar-refractivity contribution in [2.24, 2.45) is 5.92 Å². The van der Waals surface area contributed by atoms with E-state index in [1.807, 2.05) is 12.1 Å². The number of carbonyl (C=O) groups is 2. The highest BCUT2D eigenvalue weighted by molar-refractivity contribution is 6.39. The summed E-state index contributed by atoms with van der Waals surface area (Å²) in [6.45, 7) is 3.25. The van der Waals surface area contributed by atoms with Crippen LogP contribution in [0.2, 0.25) is 5.02 Å². The predicted octanol–water partition coefficient (Wildman–Crippen LogP) is 2.84. The molecule has 0 atom stereocenters. The van der Waals surface area contributed by atoms with Crippen LogP contribution < -0.4 is 10.6 Å². The lowest BCUT2D eigenvalue weighted by atomic mass is 9.96. The van der Waals surface area contributed by atoms with E-state index in [1.165, 1.54) is 17.7 Å². The summed E-state index contributed by atoms with van der Waals surface area (Å²) in [4.78, 5) is 30.4. The fourth-order valence-corrected chi connectivity index (χ4v) is 3.35. The molecule has 6 nitrogen and oxygen atoms in total. The van der Waals surface area contributed by atoms with Crippen LogP contribution in [0.25, 0.3) is 0 Å². The Morgan fingerprint density at radius 2 is 1.86 bits per heavy atom. The zero-order valence-electron chi connectivity index (χ0n) is 15.3. The van der Waals surface area contributed by atoms with E-state index >= 15 is 0 Å². The summed E-state index contributed by atoms with van der Waals surface area (Å²) >= 11 is 5.67. The molecule has 0 bridgehead atoms. The lowest BCUT2D eigenvalue weighted by molar-refractivity contribution is -0.136. The van der Waals surface area contributed by atoms with E-state index in [-0.39, 0.29) is 10.7 Å². The maximum absolute atomic E-state index is 13.1. The van der Waals surface area contributed by atoms with Gasteiger partial charge in [-0.1, -0.05) is 11.6 Å². The second-order valence-electron chi connectivity index (χ2n) is 6.87. The average molecular weight is 405 g/mol. The number of piperidine rings is 1. The number of carbonyl (C=O) groups excluding carboxylic acids is 2. The topological polar surface area (TPSA) is 74.3 Å². The van der Waals surface area contributed by atoms with Gasteiger partial charge in [0, 0.05) is 31.2 Å². The van der Waals surface area contributed by atoms with Crippen LogP contribution in [-0.4, -0.2) is 41.3 Å². The van der Waals surface area contributed by atoms with Crippen molar-refractivity contribution in [3.05, 3.63) is 59.1 Å². The Morgan fingerprint density at radius 3 is 2.54 bits per heavy atom. The first-order valence-electron chi connectivity index (χ1n) is 9.17. The zero-order chi connectivity index (χ0) is 19.9. The molecule has 1 aromatic carbocycles. The second kappa shape index (κ2) is 9.61. The number of nitrogens with zero attached hydrogens (tertiary/aromatic N) is 2. The number of anilines is 1. The third-order valence-electron chi connectivity index (χ3n) is 4.80. The van der Waals surface area contributed by atoms with Gasteiger partial charge in [0.25, 0.3) is 0 Å². The molecule has 2 heterocycles. The van der Waals surface area contributed by atoms with E-state index in [9.17, 15) is 14.0 Å². The van der Waals surface area contributed by atoms with Crippen molar-refractivity contribution in [3.8, 4) is 0 Å². The van der Waals surface area contributed by atoms with Crippen LogP contribution in [0.3, 0.4) is 0 Å². The van der Waals surface area contributed by atoms with Crippen molar-refractivity contribution < 1.29 is 14.0 Å². The molecule has 28 heavy (non-hydrogen) atoms.